The van der Waals surface area contributed by atoms with Gasteiger partial charge in [0.15, 0.2) is 0 Å². The zero-order chi connectivity index (χ0) is 41.9. The minimum absolute atomic E-state index is 1.11. The first-order chi connectivity index (χ1) is 31.8. The Morgan fingerprint density at radius 3 is 1.19 bits per heavy atom. The minimum atomic E-state index is 1.11. The van der Waals surface area contributed by atoms with Gasteiger partial charge in [0.25, 0.3) is 0 Å². The van der Waals surface area contributed by atoms with E-state index in [0.717, 1.165) is 22.7 Å². The van der Waals surface area contributed by atoms with Crippen molar-refractivity contribution < 1.29 is 0 Å². The lowest BCUT2D eigenvalue weighted by molar-refractivity contribution is 1.13. The van der Waals surface area contributed by atoms with E-state index in [0.29, 0.717) is 0 Å². The highest BCUT2D eigenvalue weighted by Crippen LogP contribution is 2.44. The molecule has 298 valence electrons. The van der Waals surface area contributed by atoms with Gasteiger partial charge in [0, 0.05) is 65.8 Å². The second-order valence-corrected chi connectivity index (χ2v) is 16.9. The molecule has 0 bridgehead atoms. The van der Waals surface area contributed by atoms with Crippen molar-refractivity contribution >= 4 is 87.2 Å². The highest BCUT2D eigenvalue weighted by atomic mass is 15.1. The maximum absolute atomic E-state index is 2.51. The van der Waals surface area contributed by atoms with E-state index in [1.165, 1.54) is 98.4 Å². The Bertz CT molecular complexity index is 4180. The van der Waals surface area contributed by atoms with Crippen molar-refractivity contribution in [2.45, 2.75) is 0 Å². The molecule has 0 radical (unpaired) electrons. The summed E-state index contributed by atoms with van der Waals surface area (Å²) in [6, 6.07) is 84.4. The second kappa shape index (κ2) is 13.4. The van der Waals surface area contributed by atoms with Gasteiger partial charge in [-0.1, -0.05) is 158 Å². The Balaban J connectivity index is 1.07. The largest absolute Gasteiger partial charge is 0.309 e. The van der Waals surface area contributed by atoms with Crippen molar-refractivity contribution in [3.8, 4) is 33.9 Å². The van der Waals surface area contributed by atoms with Crippen molar-refractivity contribution in [2.24, 2.45) is 0 Å². The zero-order valence-electron chi connectivity index (χ0n) is 34.7. The molecule has 14 rings (SSSR count). The van der Waals surface area contributed by atoms with E-state index >= 15 is 0 Å². The third kappa shape index (κ3) is 4.88. The van der Waals surface area contributed by atoms with Gasteiger partial charge in [0.2, 0.25) is 0 Å². The van der Waals surface area contributed by atoms with E-state index < -0.39 is 0 Å². The zero-order valence-corrected chi connectivity index (χ0v) is 34.7. The number of hydrogen-bond acceptors (Lipinski definition) is 0. The predicted molar refractivity (Wildman–Crippen MR) is 269 cm³/mol. The summed E-state index contributed by atoms with van der Waals surface area (Å²) in [4.78, 5) is 0. The molecule has 0 N–H and O–H groups in total. The van der Waals surface area contributed by atoms with Crippen LogP contribution in [0.5, 0.6) is 0 Å². The highest BCUT2D eigenvalue weighted by molar-refractivity contribution is 6.27. The highest BCUT2D eigenvalue weighted by Gasteiger charge is 2.24. The molecule has 0 saturated heterocycles. The normalized spacial score (nSPS) is 12.1. The summed E-state index contributed by atoms with van der Waals surface area (Å²) in [5.74, 6) is 0. The third-order valence-corrected chi connectivity index (χ3v) is 13.5. The maximum atomic E-state index is 2.51. The number of hydrogen-bond donors (Lipinski definition) is 0. The van der Waals surface area contributed by atoms with E-state index in [2.05, 4.69) is 249 Å². The standard InChI is InChI=1S/C60H38N4/c1-3-17-39(18-4-1)40-19-15-22-42(37-40)63-53-30-12-8-26-46(53)49-33-34-50-47-27-9-13-31-54(47)64(60(50)59(49)63)44-24-16-23-43(38-44)61-55-32-14-10-28-51(55)57-56(61)36-35-48-45-25-7-11-29-52(45)62(58(48)57)41-20-5-2-6-21-41/h1-38H. The van der Waals surface area contributed by atoms with Crippen molar-refractivity contribution in [3.05, 3.63) is 231 Å². The van der Waals surface area contributed by atoms with Gasteiger partial charge in [-0.2, -0.15) is 0 Å². The van der Waals surface area contributed by atoms with Crippen LogP contribution in [0, 0.1) is 0 Å². The van der Waals surface area contributed by atoms with Gasteiger partial charge in [0.05, 0.1) is 44.1 Å². The Hall–Kier alpha value is -8.60. The summed E-state index contributed by atoms with van der Waals surface area (Å²) < 4.78 is 9.92. The molecule has 0 atom stereocenters. The average Bonchev–Trinajstić information content (AvgIpc) is 4.10. The molecule has 0 amide bonds. The van der Waals surface area contributed by atoms with Crippen LogP contribution in [0.15, 0.2) is 231 Å². The lowest BCUT2D eigenvalue weighted by Gasteiger charge is -2.15. The van der Waals surface area contributed by atoms with Gasteiger partial charge in [-0.3, -0.25) is 0 Å². The predicted octanol–water partition coefficient (Wildman–Crippen LogP) is 15.7. The van der Waals surface area contributed by atoms with E-state index in [-0.39, 0.29) is 0 Å². The first-order valence-electron chi connectivity index (χ1n) is 22.0. The Morgan fingerprint density at radius 2 is 0.594 bits per heavy atom. The monoisotopic (exact) mass is 814 g/mol. The molecule has 0 aliphatic heterocycles. The molecule has 10 aromatic carbocycles. The lowest BCUT2D eigenvalue weighted by Crippen LogP contribution is -2.01. The fourth-order valence-electron chi connectivity index (χ4n) is 10.9. The van der Waals surface area contributed by atoms with Crippen LogP contribution < -0.4 is 0 Å². The molecule has 4 heteroatoms. The molecule has 64 heavy (non-hydrogen) atoms. The fourth-order valence-corrected chi connectivity index (χ4v) is 10.9. The number of rotatable bonds is 5. The van der Waals surface area contributed by atoms with E-state index in [1.54, 1.807) is 0 Å². The number of nitrogens with zero attached hydrogens (tertiary/aromatic N) is 4. The third-order valence-electron chi connectivity index (χ3n) is 13.5. The van der Waals surface area contributed by atoms with E-state index in [9.17, 15) is 0 Å². The first-order valence-corrected chi connectivity index (χ1v) is 22.0. The van der Waals surface area contributed by atoms with E-state index in [4.69, 9.17) is 0 Å². The average molecular weight is 815 g/mol. The van der Waals surface area contributed by atoms with Crippen LogP contribution >= 0.6 is 0 Å². The molecule has 0 aliphatic rings. The second-order valence-electron chi connectivity index (χ2n) is 16.9. The first kappa shape index (κ1) is 35.0. The molecule has 0 spiro atoms. The van der Waals surface area contributed by atoms with Crippen molar-refractivity contribution in [3.63, 3.8) is 0 Å². The van der Waals surface area contributed by atoms with Crippen molar-refractivity contribution in [1.29, 1.82) is 0 Å². The van der Waals surface area contributed by atoms with Gasteiger partial charge in [-0.15, -0.1) is 0 Å². The fraction of sp³-hybridized carbons (Fsp3) is 0. The molecule has 4 aromatic heterocycles. The van der Waals surface area contributed by atoms with Crippen LogP contribution in [0.1, 0.15) is 0 Å². The lowest BCUT2D eigenvalue weighted by atomic mass is 10.1. The van der Waals surface area contributed by atoms with Gasteiger partial charge in [-0.05, 0) is 83.9 Å². The molecular weight excluding hydrogens is 777 g/mol. The Labute approximate surface area is 368 Å². The quantitative estimate of drug-likeness (QED) is 0.165. The molecule has 0 fully saturated rings. The van der Waals surface area contributed by atoms with Crippen molar-refractivity contribution in [1.82, 2.24) is 18.3 Å². The Kier molecular flexibility index (Phi) is 7.36. The van der Waals surface area contributed by atoms with Crippen LogP contribution in [0.3, 0.4) is 0 Å². The van der Waals surface area contributed by atoms with Gasteiger partial charge in [0.1, 0.15) is 0 Å². The van der Waals surface area contributed by atoms with Gasteiger partial charge >= 0.3 is 0 Å². The molecule has 14 aromatic rings. The number of aromatic nitrogens is 4. The Morgan fingerprint density at radius 1 is 0.203 bits per heavy atom. The summed E-state index contributed by atoms with van der Waals surface area (Å²) in [5, 5.41) is 9.91. The van der Waals surface area contributed by atoms with Crippen molar-refractivity contribution in [2.75, 3.05) is 0 Å². The molecule has 0 saturated carbocycles. The number of fused-ring (bicyclic) bond motifs is 14. The minimum Gasteiger partial charge on any atom is -0.309 e. The molecule has 4 heterocycles. The molecule has 0 aliphatic carbocycles. The maximum Gasteiger partial charge on any atom is 0.0788 e. The summed E-state index contributed by atoms with van der Waals surface area (Å²) in [7, 11) is 0. The van der Waals surface area contributed by atoms with Crippen LogP contribution in [0.25, 0.3) is 121 Å². The summed E-state index contributed by atoms with van der Waals surface area (Å²) in [6.07, 6.45) is 0. The topological polar surface area (TPSA) is 19.7 Å². The van der Waals surface area contributed by atoms with Crippen LogP contribution in [-0.2, 0) is 0 Å². The number of para-hydroxylation sites is 5. The SMILES string of the molecule is c1ccc(-c2cccc(-n3c4ccccc4c4ccc5c6ccccc6n(-c6cccc(-n7c8ccccc8c8c7ccc7c9ccccc9n(-c9ccccc9)c78)c6)c5c43)c2)cc1. The summed E-state index contributed by atoms with van der Waals surface area (Å²) in [5.41, 5.74) is 16.4. The van der Waals surface area contributed by atoms with Crippen LogP contribution in [-0.4, -0.2) is 18.3 Å². The van der Waals surface area contributed by atoms with E-state index in [1.807, 2.05) is 0 Å². The summed E-state index contributed by atoms with van der Waals surface area (Å²) in [6.45, 7) is 0. The summed E-state index contributed by atoms with van der Waals surface area (Å²) >= 11 is 0. The van der Waals surface area contributed by atoms with Crippen LogP contribution in [0.2, 0.25) is 0 Å². The molecule has 4 nitrogen and oxygen atoms in total. The van der Waals surface area contributed by atoms with Gasteiger partial charge in [-0.25, -0.2) is 0 Å². The smallest absolute Gasteiger partial charge is 0.0788 e. The molecular formula is C60H38N4. The molecule has 0 unspecified atom stereocenters. The van der Waals surface area contributed by atoms with Gasteiger partial charge < -0.3 is 18.3 Å². The van der Waals surface area contributed by atoms with Crippen LogP contribution in [0.4, 0.5) is 0 Å². The number of benzene rings is 10.